The molecule has 3 N–H and O–H groups in total. The zero-order valence-corrected chi connectivity index (χ0v) is 13.3. The molecule has 2 aromatic rings. The van der Waals surface area contributed by atoms with Gasteiger partial charge in [0.2, 0.25) is 0 Å². The number of benzene rings is 2. The van der Waals surface area contributed by atoms with Crippen LogP contribution in [0.15, 0.2) is 47.6 Å². The smallest absolute Gasteiger partial charge is 0.259 e. The van der Waals surface area contributed by atoms with Crippen LogP contribution in [0.4, 0.5) is 4.39 Å². The summed E-state index contributed by atoms with van der Waals surface area (Å²) in [5, 5.41) is 15.8. The Morgan fingerprint density at radius 2 is 1.96 bits per heavy atom. The molecule has 2 amide bonds. The van der Waals surface area contributed by atoms with E-state index in [1.165, 1.54) is 31.5 Å². The van der Waals surface area contributed by atoms with E-state index in [2.05, 4.69) is 15.8 Å². The number of amides is 2. The number of methoxy groups -OCH3 is 1. The van der Waals surface area contributed by atoms with Gasteiger partial charge in [-0.2, -0.15) is 5.10 Å². The Morgan fingerprint density at radius 1 is 1.24 bits per heavy atom. The van der Waals surface area contributed by atoms with Crippen molar-refractivity contribution in [1.82, 2.24) is 10.7 Å². The lowest BCUT2D eigenvalue weighted by Crippen LogP contribution is -2.34. The van der Waals surface area contributed by atoms with Gasteiger partial charge in [-0.3, -0.25) is 9.59 Å². The average Bonchev–Trinajstić information content (AvgIpc) is 2.62. The molecule has 0 radical (unpaired) electrons. The third kappa shape index (κ3) is 5.31. The van der Waals surface area contributed by atoms with Gasteiger partial charge in [0, 0.05) is 11.1 Å². The molecule has 0 aliphatic carbocycles. The number of ether oxygens (including phenoxy) is 1. The SMILES string of the molecule is COc1ccc(O)c(/C=N/NC(=O)CNC(=O)c2ccc(F)cc2)c1. The van der Waals surface area contributed by atoms with E-state index >= 15 is 0 Å². The summed E-state index contributed by atoms with van der Waals surface area (Å²) in [6.07, 6.45) is 1.25. The molecule has 0 aromatic heterocycles. The first kappa shape index (κ1) is 17.9. The molecule has 0 heterocycles. The number of phenolic OH excluding ortho intramolecular Hbond substituents is 1. The summed E-state index contributed by atoms with van der Waals surface area (Å²) in [6, 6.07) is 9.49. The molecular formula is C17H16FN3O4. The van der Waals surface area contributed by atoms with Gasteiger partial charge in [0.25, 0.3) is 11.8 Å². The minimum atomic E-state index is -0.561. The van der Waals surface area contributed by atoms with E-state index in [0.29, 0.717) is 11.3 Å². The van der Waals surface area contributed by atoms with Crippen LogP contribution in [0, 0.1) is 5.82 Å². The molecule has 0 fully saturated rings. The molecule has 8 heteroatoms. The average molecular weight is 345 g/mol. The Morgan fingerprint density at radius 3 is 2.64 bits per heavy atom. The van der Waals surface area contributed by atoms with Crippen LogP contribution < -0.4 is 15.5 Å². The van der Waals surface area contributed by atoms with Crippen molar-refractivity contribution in [2.75, 3.05) is 13.7 Å². The molecule has 0 saturated carbocycles. The number of phenols is 1. The number of hydrogen-bond donors (Lipinski definition) is 3. The highest BCUT2D eigenvalue weighted by Crippen LogP contribution is 2.20. The lowest BCUT2D eigenvalue weighted by molar-refractivity contribution is -0.120. The lowest BCUT2D eigenvalue weighted by atomic mass is 10.2. The molecule has 2 rings (SSSR count). The molecule has 0 aliphatic heterocycles. The molecule has 0 atom stereocenters. The van der Waals surface area contributed by atoms with Gasteiger partial charge in [-0.15, -0.1) is 0 Å². The Balaban J connectivity index is 1.84. The Labute approximate surface area is 143 Å². The summed E-state index contributed by atoms with van der Waals surface area (Å²) in [7, 11) is 1.49. The summed E-state index contributed by atoms with van der Waals surface area (Å²) in [4.78, 5) is 23.4. The number of rotatable bonds is 6. The van der Waals surface area contributed by atoms with Crippen LogP contribution in [0.2, 0.25) is 0 Å². The standard InChI is InChI=1S/C17H16FN3O4/c1-25-14-6-7-15(22)12(8-14)9-20-21-16(23)10-19-17(24)11-2-4-13(18)5-3-11/h2-9,22H,10H2,1H3,(H,19,24)(H,21,23)/b20-9+. The zero-order valence-electron chi connectivity index (χ0n) is 13.3. The van der Waals surface area contributed by atoms with Crippen LogP contribution in [0.1, 0.15) is 15.9 Å². The van der Waals surface area contributed by atoms with Gasteiger partial charge >= 0.3 is 0 Å². The van der Waals surface area contributed by atoms with Crippen LogP contribution in [-0.4, -0.2) is 36.8 Å². The topological polar surface area (TPSA) is 100 Å². The van der Waals surface area contributed by atoms with E-state index < -0.39 is 17.6 Å². The molecular weight excluding hydrogens is 329 g/mol. The van der Waals surface area contributed by atoms with E-state index in [9.17, 15) is 19.1 Å². The van der Waals surface area contributed by atoms with E-state index in [1.807, 2.05) is 0 Å². The number of nitrogens with one attached hydrogen (secondary N) is 2. The van der Waals surface area contributed by atoms with E-state index in [1.54, 1.807) is 12.1 Å². The normalized spacial score (nSPS) is 10.5. The first-order chi connectivity index (χ1) is 12.0. The maximum absolute atomic E-state index is 12.8. The van der Waals surface area contributed by atoms with Gasteiger partial charge in [-0.05, 0) is 42.5 Å². The van der Waals surface area contributed by atoms with Gasteiger partial charge in [-0.25, -0.2) is 9.82 Å². The van der Waals surface area contributed by atoms with Crippen molar-refractivity contribution >= 4 is 18.0 Å². The maximum Gasteiger partial charge on any atom is 0.259 e. The third-order valence-electron chi connectivity index (χ3n) is 3.14. The maximum atomic E-state index is 12.8. The van der Waals surface area contributed by atoms with Crippen LogP contribution >= 0.6 is 0 Å². The number of carbonyl (C=O) groups is 2. The van der Waals surface area contributed by atoms with Gasteiger partial charge < -0.3 is 15.2 Å². The Hall–Kier alpha value is -3.42. The third-order valence-corrected chi connectivity index (χ3v) is 3.14. The Bertz CT molecular complexity index is 791. The van der Waals surface area contributed by atoms with Crippen LogP contribution in [0.3, 0.4) is 0 Å². The largest absolute Gasteiger partial charge is 0.507 e. The highest BCUT2D eigenvalue weighted by atomic mass is 19.1. The molecule has 25 heavy (non-hydrogen) atoms. The number of hydrogen-bond acceptors (Lipinski definition) is 5. The monoisotopic (exact) mass is 345 g/mol. The second-order valence-corrected chi connectivity index (χ2v) is 4.91. The zero-order chi connectivity index (χ0) is 18.2. The quantitative estimate of drug-likeness (QED) is 0.544. The van der Waals surface area contributed by atoms with E-state index in [0.717, 1.165) is 12.1 Å². The van der Waals surface area contributed by atoms with E-state index in [-0.39, 0.29) is 17.9 Å². The van der Waals surface area contributed by atoms with Crippen molar-refractivity contribution in [2.45, 2.75) is 0 Å². The minimum Gasteiger partial charge on any atom is -0.507 e. The predicted octanol–water partition coefficient (Wildman–Crippen LogP) is 1.42. The Kier molecular flexibility index (Phi) is 6.05. The van der Waals surface area contributed by atoms with Crippen LogP contribution in [0.5, 0.6) is 11.5 Å². The fourth-order valence-corrected chi connectivity index (χ4v) is 1.84. The molecule has 0 spiro atoms. The van der Waals surface area contributed by atoms with Crippen molar-refractivity contribution < 1.29 is 23.8 Å². The number of aromatic hydroxyl groups is 1. The molecule has 0 bridgehead atoms. The summed E-state index contributed by atoms with van der Waals surface area (Å²) in [5.74, 6) is -1.02. The highest BCUT2D eigenvalue weighted by molar-refractivity contribution is 5.96. The first-order valence-electron chi connectivity index (χ1n) is 7.22. The molecule has 0 aliphatic rings. The van der Waals surface area contributed by atoms with Gasteiger partial charge in [0.05, 0.1) is 19.9 Å². The fraction of sp³-hybridized carbons (Fsp3) is 0.118. The van der Waals surface area contributed by atoms with Crippen molar-refractivity contribution in [1.29, 1.82) is 0 Å². The van der Waals surface area contributed by atoms with Crippen molar-refractivity contribution in [2.24, 2.45) is 5.10 Å². The van der Waals surface area contributed by atoms with Crippen molar-refractivity contribution in [3.05, 3.63) is 59.4 Å². The predicted molar refractivity (Wildman–Crippen MR) is 89.1 cm³/mol. The van der Waals surface area contributed by atoms with E-state index in [4.69, 9.17) is 4.74 Å². The molecule has 2 aromatic carbocycles. The lowest BCUT2D eigenvalue weighted by Gasteiger charge is -2.05. The van der Waals surface area contributed by atoms with Gasteiger partial charge in [0.15, 0.2) is 0 Å². The van der Waals surface area contributed by atoms with Crippen LogP contribution in [0.25, 0.3) is 0 Å². The highest BCUT2D eigenvalue weighted by Gasteiger charge is 2.07. The van der Waals surface area contributed by atoms with Crippen molar-refractivity contribution in [3.8, 4) is 11.5 Å². The van der Waals surface area contributed by atoms with Gasteiger partial charge in [0.1, 0.15) is 17.3 Å². The molecule has 0 unspecified atom stereocenters. The van der Waals surface area contributed by atoms with Crippen LogP contribution in [-0.2, 0) is 4.79 Å². The van der Waals surface area contributed by atoms with Gasteiger partial charge in [-0.1, -0.05) is 0 Å². The number of nitrogens with zero attached hydrogens (tertiary/aromatic N) is 1. The summed E-state index contributed by atoms with van der Waals surface area (Å²) >= 11 is 0. The first-order valence-corrected chi connectivity index (χ1v) is 7.22. The number of carbonyl (C=O) groups excluding carboxylic acids is 2. The summed E-state index contributed by atoms with van der Waals surface area (Å²) in [5.41, 5.74) is 2.81. The molecule has 130 valence electrons. The summed E-state index contributed by atoms with van der Waals surface area (Å²) in [6.45, 7) is -0.308. The second-order valence-electron chi connectivity index (χ2n) is 4.91. The van der Waals surface area contributed by atoms with Crippen molar-refractivity contribution in [3.63, 3.8) is 0 Å². The molecule has 0 saturated heterocycles. The minimum absolute atomic E-state index is 0.0246. The number of hydrazone groups is 1. The molecule has 7 nitrogen and oxygen atoms in total. The fourth-order valence-electron chi connectivity index (χ4n) is 1.84. The second kappa shape index (κ2) is 8.44. The summed E-state index contributed by atoms with van der Waals surface area (Å²) < 4.78 is 17.8. The number of halogens is 1.